The number of fused-ring (bicyclic) bond motifs is 1. The van der Waals surface area contributed by atoms with Crippen LogP contribution in [0.5, 0.6) is 0 Å². The monoisotopic (exact) mass is 402 g/mol. The van der Waals surface area contributed by atoms with Gasteiger partial charge < -0.3 is 5.11 Å². The minimum absolute atomic E-state index is 0.146. The number of hydrogen-bond acceptors (Lipinski definition) is 1. The van der Waals surface area contributed by atoms with Crippen LogP contribution in [-0.2, 0) is 0 Å². The van der Waals surface area contributed by atoms with Gasteiger partial charge in [-0.3, -0.25) is 0 Å². The third kappa shape index (κ3) is 4.37. The first-order valence-corrected chi connectivity index (χ1v) is 13.0. The van der Waals surface area contributed by atoms with Crippen molar-refractivity contribution >= 4 is 0 Å². The highest BCUT2D eigenvalue weighted by atomic mass is 16.3. The molecule has 0 heterocycles. The summed E-state index contributed by atoms with van der Waals surface area (Å²) in [7, 11) is 0. The van der Waals surface area contributed by atoms with Gasteiger partial charge in [-0.05, 0) is 91.3 Å². The van der Waals surface area contributed by atoms with Crippen molar-refractivity contribution in [2.45, 2.75) is 118 Å². The molecule has 0 amide bonds. The Morgan fingerprint density at radius 3 is 2.34 bits per heavy atom. The molecule has 3 aliphatic carbocycles. The van der Waals surface area contributed by atoms with Crippen LogP contribution >= 0.6 is 0 Å². The van der Waals surface area contributed by atoms with E-state index in [2.05, 4.69) is 48.1 Å². The Morgan fingerprint density at radius 1 is 1.00 bits per heavy atom. The lowest BCUT2D eigenvalue weighted by Gasteiger charge is -2.56. The van der Waals surface area contributed by atoms with Crippen LogP contribution in [0.1, 0.15) is 112 Å². The molecular formula is C28H50O. The minimum atomic E-state index is -0.146. The molecule has 0 aliphatic heterocycles. The van der Waals surface area contributed by atoms with E-state index in [1.54, 1.807) is 0 Å². The number of rotatable bonds is 7. The minimum Gasteiger partial charge on any atom is -0.393 e. The van der Waals surface area contributed by atoms with E-state index < -0.39 is 0 Å². The zero-order valence-electron chi connectivity index (χ0n) is 20.5. The Labute approximate surface area is 182 Å². The maximum Gasteiger partial charge on any atom is 0.0577 e. The van der Waals surface area contributed by atoms with Gasteiger partial charge in [-0.15, -0.1) is 0 Å². The average Bonchev–Trinajstić information content (AvgIpc) is 3.01. The van der Waals surface area contributed by atoms with Crippen molar-refractivity contribution in [2.24, 2.45) is 46.3 Å². The highest BCUT2D eigenvalue weighted by Gasteiger charge is 2.57. The van der Waals surface area contributed by atoms with E-state index in [4.69, 9.17) is 0 Å². The molecule has 8 atom stereocenters. The molecule has 0 radical (unpaired) electrons. The topological polar surface area (TPSA) is 20.2 Å². The first kappa shape index (κ1) is 23.4. The third-order valence-electron chi connectivity index (χ3n) is 10.2. The summed E-state index contributed by atoms with van der Waals surface area (Å²) in [5, 5.41) is 10.2. The fourth-order valence-electron chi connectivity index (χ4n) is 8.38. The van der Waals surface area contributed by atoms with Crippen molar-refractivity contribution in [1.82, 2.24) is 0 Å². The van der Waals surface area contributed by atoms with Gasteiger partial charge in [0.15, 0.2) is 0 Å². The van der Waals surface area contributed by atoms with E-state index in [0.717, 1.165) is 54.8 Å². The van der Waals surface area contributed by atoms with Crippen molar-refractivity contribution in [3.8, 4) is 0 Å². The second-order valence-corrected chi connectivity index (χ2v) is 12.2. The molecule has 3 aliphatic rings. The summed E-state index contributed by atoms with van der Waals surface area (Å²) in [6.45, 7) is 19.4. The Bertz CT molecular complexity index is 565. The van der Waals surface area contributed by atoms with E-state index >= 15 is 0 Å². The molecule has 168 valence electrons. The van der Waals surface area contributed by atoms with Crippen LogP contribution in [-0.4, -0.2) is 11.2 Å². The quantitative estimate of drug-likeness (QED) is 0.427. The Kier molecular flexibility index (Phi) is 7.30. The van der Waals surface area contributed by atoms with Gasteiger partial charge in [-0.25, -0.2) is 0 Å². The SMILES string of the molecule is C=C1CC(O)CC[C@]1(C)C1CC[C@@]2(C)C(CC[C@@H]2C(C)CCCC(C)C)C1CC. The molecule has 3 rings (SSSR count). The molecule has 3 saturated carbocycles. The number of hydrogen-bond donors (Lipinski definition) is 1. The average molecular weight is 403 g/mol. The summed E-state index contributed by atoms with van der Waals surface area (Å²) in [6.07, 6.45) is 14.1. The van der Waals surface area contributed by atoms with E-state index in [9.17, 15) is 5.11 Å². The van der Waals surface area contributed by atoms with Crippen LogP contribution in [0.4, 0.5) is 0 Å². The maximum absolute atomic E-state index is 10.2. The molecule has 0 aromatic heterocycles. The molecule has 0 bridgehead atoms. The Hall–Kier alpha value is -0.300. The third-order valence-corrected chi connectivity index (χ3v) is 10.2. The molecule has 1 nitrogen and oxygen atoms in total. The van der Waals surface area contributed by atoms with Crippen LogP contribution in [0, 0.1) is 46.3 Å². The van der Waals surface area contributed by atoms with E-state index in [-0.39, 0.29) is 11.5 Å². The van der Waals surface area contributed by atoms with Crippen LogP contribution in [0.3, 0.4) is 0 Å². The van der Waals surface area contributed by atoms with Gasteiger partial charge in [-0.2, -0.15) is 0 Å². The predicted octanol–water partition coefficient (Wildman–Crippen LogP) is 8.02. The molecule has 0 spiro atoms. The second-order valence-electron chi connectivity index (χ2n) is 12.2. The maximum atomic E-state index is 10.2. The van der Waals surface area contributed by atoms with Crippen LogP contribution in [0.15, 0.2) is 12.2 Å². The fraction of sp³-hybridized carbons (Fsp3) is 0.929. The largest absolute Gasteiger partial charge is 0.393 e. The summed E-state index contributed by atoms with van der Waals surface area (Å²) < 4.78 is 0. The van der Waals surface area contributed by atoms with Gasteiger partial charge in [0, 0.05) is 0 Å². The fourth-order valence-corrected chi connectivity index (χ4v) is 8.38. The highest BCUT2D eigenvalue weighted by molar-refractivity contribution is 5.18. The second kappa shape index (κ2) is 9.05. The standard InChI is InChI=1S/C28H50O/c1-8-23-25-13-12-24(20(4)11-9-10-19(2)3)28(25,7)17-15-26(23)27(6)16-14-22(29)18-21(27)5/h19-20,22-26,29H,5,8-18H2,1-4,6-7H3/t20?,22?,23?,24-,25?,26?,27+,28-/m1/s1. The van der Waals surface area contributed by atoms with E-state index in [1.165, 1.54) is 56.9 Å². The molecule has 5 unspecified atom stereocenters. The van der Waals surface area contributed by atoms with Gasteiger partial charge >= 0.3 is 0 Å². The first-order valence-electron chi connectivity index (χ1n) is 13.0. The zero-order valence-corrected chi connectivity index (χ0v) is 20.5. The number of aliphatic hydroxyl groups excluding tert-OH is 1. The van der Waals surface area contributed by atoms with Gasteiger partial charge in [0.1, 0.15) is 0 Å². The van der Waals surface area contributed by atoms with Crippen molar-refractivity contribution in [2.75, 3.05) is 0 Å². The summed E-state index contributed by atoms with van der Waals surface area (Å²) in [6, 6.07) is 0. The van der Waals surface area contributed by atoms with E-state index in [1.807, 2.05) is 0 Å². The van der Waals surface area contributed by atoms with Crippen molar-refractivity contribution in [1.29, 1.82) is 0 Å². The van der Waals surface area contributed by atoms with Crippen LogP contribution in [0.25, 0.3) is 0 Å². The normalized spacial score (nSPS) is 44.1. The van der Waals surface area contributed by atoms with Crippen molar-refractivity contribution < 1.29 is 5.11 Å². The van der Waals surface area contributed by atoms with Gasteiger partial charge in [0.2, 0.25) is 0 Å². The Balaban J connectivity index is 1.74. The van der Waals surface area contributed by atoms with E-state index in [0.29, 0.717) is 5.41 Å². The van der Waals surface area contributed by atoms with Gasteiger partial charge in [-0.1, -0.05) is 79.4 Å². The summed E-state index contributed by atoms with van der Waals surface area (Å²) >= 11 is 0. The Morgan fingerprint density at radius 2 is 1.72 bits per heavy atom. The van der Waals surface area contributed by atoms with Crippen LogP contribution in [0.2, 0.25) is 0 Å². The smallest absolute Gasteiger partial charge is 0.0577 e. The summed E-state index contributed by atoms with van der Waals surface area (Å²) in [5.41, 5.74) is 2.16. The predicted molar refractivity (Wildman–Crippen MR) is 126 cm³/mol. The lowest BCUT2D eigenvalue weighted by molar-refractivity contribution is -0.0523. The van der Waals surface area contributed by atoms with Crippen LogP contribution < -0.4 is 0 Å². The molecular weight excluding hydrogens is 352 g/mol. The summed E-state index contributed by atoms with van der Waals surface area (Å²) in [4.78, 5) is 0. The van der Waals surface area contributed by atoms with Gasteiger partial charge in [0.25, 0.3) is 0 Å². The summed E-state index contributed by atoms with van der Waals surface area (Å²) in [5.74, 6) is 5.18. The highest BCUT2D eigenvalue weighted by Crippen LogP contribution is 2.65. The molecule has 0 saturated heterocycles. The molecule has 1 N–H and O–H groups in total. The van der Waals surface area contributed by atoms with Crippen molar-refractivity contribution in [3.63, 3.8) is 0 Å². The van der Waals surface area contributed by atoms with Gasteiger partial charge in [0.05, 0.1) is 6.10 Å². The molecule has 1 heteroatoms. The lowest BCUT2D eigenvalue weighted by atomic mass is 9.49. The van der Waals surface area contributed by atoms with Crippen molar-refractivity contribution in [3.05, 3.63) is 12.2 Å². The molecule has 0 aromatic rings. The lowest BCUT2D eigenvalue weighted by Crippen LogP contribution is -2.49. The zero-order chi connectivity index (χ0) is 21.4. The number of aliphatic hydroxyl groups is 1. The molecule has 3 fully saturated rings. The molecule has 0 aromatic carbocycles. The molecule has 29 heavy (non-hydrogen) atoms. The first-order chi connectivity index (χ1) is 13.6.